The molecule has 2 aromatic rings. The van der Waals surface area contributed by atoms with E-state index in [0.29, 0.717) is 19.4 Å². The van der Waals surface area contributed by atoms with E-state index in [1.165, 1.54) is 17.1 Å². The van der Waals surface area contributed by atoms with Crippen molar-refractivity contribution in [2.45, 2.75) is 51.5 Å². The van der Waals surface area contributed by atoms with E-state index in [9.17, 15) is 18.8 Å². The number of fused-ring (bicyclic) bond motifs is 1. The molecule has 2 heterocycles. The van der Waals surface area contributed by atoms with Crippen LogP contribution in [0.25, 0.3) is 0 Å². The fourth-order valence-electron chi connectivity index (χ4n) is 5.07. The quantitative estimate of drug-likeness (QED) is 0.587. The number of rotatable bonds is 7. The number of nitrogens with one attached hydrogen (secondary N) is 1. The summed E-state index contributed by atoms with van der Waals surface area (Å²) in [6, 6.07) is 14.0. The maximum absolute atomic E-state index is 13.7. The monoisotopic (exact) mass is 505 g/mol. The molecular formula is C28H32FN5O3. The second-order valence-electron chi connectivity index (χ2n) is 9.32. The third-order valence-electron chi connectivity index (χ3n) is 6.93. The molecule has 8 nitrogen and oxygen atoms in total. The Kier molecular flexibility index (Phi) is 8.09. The van der Waals surface area contributed by atoms with Crippen LogP contribution in [0.5, 0.6) is 0 Å². The fraction of sp³-hybridized carbons (Fsp3) is 0.393. The van der Waals surface area contributed by atoms with Crippen molar-refractivity contribution in [3.05, 3.63) is 71.5 Å². The lowest BCUT2D eigenvalue weighted by molar-refractivity contribution is -0.191. The van der Waals surface area contributed by atoms with E-state index < -0.39 is 18.2 Å². The van der Waals surface area contributed by atoms with E-state index in [4.69, 9.17) is 6.42 Å². The van der Waals surface area contributed by atoms with Gasteiger partial charge in [-0.05, 0) is 36.6 Å². The van der Waals surface area contributed by atoms with Crippen LogP contribution in [-0.2, 0) is 16.1 Å². The number of carbonyl (C=O) groups is 3. The van der Waals surface area contributed by atoms with Crippen LogP contribution in [0, 0.1) is 18.2 Å². The van der Waals surface area contributed by atoms with Gasteiger partial charge in [0.05, 0.1) is 25.7 Å². The number of amides is 4. The van der Waals surface area contributed by atoms with Gasteiger partial charge in [-0.3, -0.25) is 9.59 Å². The summed E-state index contributed by atoms with van der Waals surface area (Å²) in [4.78, 5) is 43.8. The lowest BCUT2D eigenvalue weighted by atomic mass is 9.98. The lowest BCUT2D eigenvalue weighted by Gasteiger charge is -2.55. The standard InChI is InChI=1S/C28H32FN5O3/c1-4-9-24-27(36)32(20(3)22-12-14-23(29)15-13-22)18-25-33(24)26(35)19-31(16-5-2)34(25)28(37)30-17-21-10-7-6-8-11-21/h2,6-8,10-15,20,24-25H,4,9,16-19H2,1,3H3,(H,30,37). The number of hydrogen-bond donors (Lipinski definition) is 1. The Bertz CT molecular complexity index is 1170. The van der Waals surface area contributed by atoms with Gasteiger partial charge in [0.1, 0.15) is 18.0 Å². The summed E-state index contributed by atoms with van der Waals surface area (Å²) in [6.07, 6.45) is 6.00. The Hall–Kier alpha value is -3.90. The molecule has 2 aliphatic heterocycles. The van der Waals surface area contributed by atoms with Crippen LogP contribution in [0.2, 0.25) is 0 Å². The average Bonchev–Trinajstić information content (AvgIpc) is 2.89. The van der Waals surface area contributed by atoms with Gasteiger partial charge in [0.25, 0.3) is 0 Å². The molecule has 2 aromatic carbocycles. The van der Waals surface area contributed by atoms with E-state index in [2.05, 4.69) is 11.2 Å². The van der Waals surface area contributed by atoms with Crippen LogP contribution in [0.3, 0.4) is 0 Å². The first kappa shape index (κ1) is 26.2. The summed E-state index contributed by atoms with van der Waals surface area (Å²) in [5.41, 5.74) is 1.69. The van der Waals surface area contributed by atoms with Crippen LogP contribution >= 0.6 is 0 Å². The molecule has 2 fully saturated rings. The van der Waals surface area contributed by atoms with Gasteiger partial charge in [0.2, 0.25) is 11.8 Å². The van der Waals surface area contributed by atoms with Gasteiger partial charge >= 0.3 is 6.03 Å². The summed E-state index contributed by atoms with van der Waals surface area (Å²) >= 11 is 0. The molecule has 1 N–H and O–H groups in total. The van der Waals surface area contributed by atoms with E-state index >= 15 is 0 Å². The second kappa shape index (κ2) is 11.4. The molecule has 2 aliphatic rings. The van der Waals surface area contributed by atoms with Gasteiger partial charge in [-0.25, -0.2) is 14.2 Å². The second-order valence-corrected chi connectivity index (χ2v) is 9.32. The highest BCUT2D eigenvalue weighted by Crippen LogP contribution is 2.33. The molecule has 9 heteroatoms. The zero-order valence-corrected chi connectivity index (χ0v) is 21.1. The molecule has 0 bridgehead atoms. The van der Waals surface area contributed by atoms with Crippen LogP contribution in [0.1, 0.15) is 43.9 Å². The normalized spacial score (nSPS) is 20.9. The number of hydrogen-bond acceptors (Lipinski definition) is 4. The number of terminal acetylenes is 1. The zero-order valence-electron chi connectivity index (χ0n) is 21.1. The Morgan fingerprint density at radius 1 is 1.16 bits per heavy atom. The fourth-order valence-corrected chi connectivity index (χ4v) is 5.07. The molecule has 4 rings (SSSR count). The summed E-state index contributed by atoms with van der Waals surface area (Å²) in [7, 11) is 0. The van der Waals surface area contributed by atoms with Crippen LogP contribution in [0.15, 0.2) is 54.6 Å². The molecule has 0 spiro atoms. The van der Waals surface area contributed by atoms with Crippen LogP contribution in [0.4, 0.5) is 9.18 Å². The molecule has 2 saturated heterocycles. The minimum Gasteiger partial charge on any atom is -0.333 e. The molecule has 0 radical (unpaired) electrons. The zero-order chi connectivity index (χ0) is 26.5. The number of benzene rings is 2. The number of halogens is 1. The van der Waals surface area contributed by atoms with Gasteiger partial charge in [0, 0.05) is 6.54 Å². The minimum atomic E-state index is -0.734. The highest BCUT2D eigenvalue weighted by molar-refractivity contribution is 5.91. The molecule has 194 valence electrons. The third-order valence-corrected chi connectivity index (χ3v) is 6.93. The molecule has 37 heavy (non-hydrogen) atoms. The number of hydrazine groups is 1. The van der Waals surface area contributed by atoms with Crippen molar-refractivity contribution in [2.24, 2.45) is 0 Å². The SMILES string of the molecule is C#CCN1CC(=O)N2C(CCC)C(=O)N(C(C)c3ccc(F)cc3)CC2N1C(=O)NCc1ccccc1. The first-order chi connectivity index (χ1) is 17.8. The first-order valence-electron chi connectivity index (χ1n) is 12.5. The maximum atomic E-state index is 13.7. The number of urea groups is 1. The van der Waals surface area contributed by atoms with Crippen molar-refractivity contribution in [3.8, 4) is 12.3 Å². The maximum Gasteiger partial charge on any atom is 0.334 e. The van der Waals surface area contributed by atoms with Crippen molar-refractivity contribution < 1.29 is 18.8 Å². The van der Waals surface area contributed by atoms with Gasteiger partial charge in [-0.2, -0.15) is 5.01 Å². The van der Waals surface area contributed by atoms with E-state index in [0.717, 1.165) is 11.1 Å². The number of carbonyl (C=O) groups excluding carboxylic acids is 3. The van der Waals surface area contributed by atoms with E-state index in [1.54, 1.807) is 26.9 Å². The average molecular weight is 506 g/mol. The predicted octanol–water partition coefficient (Wildman–Crippen LogP) is 3.13. The van der Waals surface area contributed by atoms with Crippen molar-refractivity contribution in [2.75, 3.05) is 19.6 Å². The predicted molar refractivity (Wildman–Crippen MR) is 137 cm³/mol. The Labute approximate surface area is 217 Å². The molecule has 0 saturated carbocycles. The Balaban J connectivity index is 1.67. The van der Waals surface area contributed by atoms with Crippen molar-refractivity contribution >= 4 is 17.8 Å². The molecule has 4 amide bonds. The highest BCUT2D eigenvalue weighted by Gasteiger charge is 2.51. The Morgan fingerprint density at radius 3 is 2.51 bits per heavy atom. The molecule has 0 aromatic heterocycles. The summed E-state index contributed by atoms with van der Waals surface area (Å²) in [6.45, 7) is 4.19. The number of nitrogens with zero attached hydrogens (tertiary/aromatic N) is 4. The van der Waals surface area contributed by atoms with E-state index in [-0.39, 0.29) is 43.3 Å². The highest BCUT2D eigenvalue weighted by atomic mass is 19.1. The van der Waals surface area contributed by atoms with Crippen LogP contribution in [-0.4, -0.2) is 69.5 Å². The lowest BCUT2D eigenvalue weighted by Crippen LogP contribution is -2.76. The van der Waals surface area contributed by atoms with Gasteiger partial charge in [0.15, 0.2) is 0 Å². The van der Waals surface area contributed by atoms with Crippen LogP contribution < -0.4 is 5.32 Å². The summed E-state index contributed by atoms with van der Waals surface area (Å²) < 4.78 is 13.5. The number of piperazine rings is 1. The minimum absolute atomic E-state index is 0.0642. The van der Waals surface area contributed by atoms with E-state index in [1.807, 2.05) is 44.2 Å². The van der Waals surface area contributed by atoms with Gasteiger partial charge in [-0.1, -0.05) is 61.7 Å². The van der Waals surface area contributed by atoms with Crippen molar-refractivity contribution in [1.29, 1.82) is 0 Å². The molecular weight excluding hydrogens is 473 g/mol. The summed E-state index contributed by atoms with van der Waals surface area (Å²) in [5, 5.41) is 5.99. The molecule has 3 atom stereocenters. The van der Waals surface area contributed by atoms with Gasteiger partial charge in [-0.15, -0.1) is 6.42 Å². The smallest absolute Gasteiger partial charge is 0.333 e. The third kappa shape index (κ3) is 5.44. The largest absolute Gasteiger partial charge is 0.334 e. The Morgan fingerprint density at radius 2 is 1.86 bits per heavy atom. The van der Waals surface area contributed by atoms with Crippen molar-refractivity contribution in [3.63, 3.8) is 0 Å². The first-order valence-corrected chi connectivity index (χ1v) is 12.5. The molecule has 3 unspecified atom stereocenters. The molecule has 0 aliphatic carbocycles. The summed E-state index contributed by atoms with van der Waals surface area (Å²) in [5.74, 6) is 1.75. The van der Waals surface area contributed by atoms with Gasteiger partial charge < -0.3 is 15.1 Å². The topological polar surface area (TPSA) is 76.2 Å². The van der Waals surface area contributed by atoms with Crippen molar-refractivity contribution in [1.82, 2.24) is 25.1 Å².